The molecule has 0 saturated heterocycles. The molecule has 0 amide bonds. The summed E-state index contributed by atoms with van der Waals surface area (Å²) in [5.74, 6) is -0.744. The van der Waals surface area contributed by atoms with Crippen LogP contribution in [0.1, 0.15) is 17.3 Å². The smallest absolute Gasteiger partial charge is 0.339 e. The Morgan fingerprint density at radius 1 is 1.63 bits per heavy atom. The van der Waals surface area contributed by atoms with Gasteiger partial charge >= 0.3 is 5.97 Å². The number of rotatable bonds is 5. The second-order valence-electron chi connectivity index (χ2n) is 4.27. The van der Waals surface area contributed by atoms with Crippen molar-refractivity contribution >= 4 is 17.5 Å². The number of carbonyl (C=O) groups is 1. The molecule has 0 saturated carbocycles. The van der Waals surface area contributed by atoms with Crippen LogP contribution in [-0.2, 0) is 6.54 Å². The van der Waals surface area contributed by atoms with Gasteiger partial charge < -0.3 is 20.7 Å². The zero-order valence-electron chi connectivity index (χ0n) is 10.4. The Morgan fingerprint density at radius 2 is 2.42 bits per heavy atom. The van der Waals surface area contributed by atoms with Crippen molar-refractivity contribution in [1.82, 2.24) is 14.5 Å². The highest BCUT2D eigenvalue weighted by Gasteiger charge is 2.14. The monoisotopic (exact) mass is 261 g/mol. The molecule has 0 fully saturated rings. The van der Waals surface area contributed by atoms with Crippen LogP contribution in [0, 0.1) is 0 Å². The zero-order valence-corrected chi connectivity index (χ0v) is 10.4. The minimum atomic E-state index is -1.06. The van der Waals surface area contributed by atoms with Crippen LogP contribution in [0.15, 0.2) is 31.0 Å². The molecule has 0 spiro atoms. The topological polar surface area (TPSA) is 106 Å². The summed E-state index contributed by atoms with van der Waals surface area (Å²) >= 11 is 0. The highest BCUT2D eigenvalue weighted by molar-refractivity contribution is 5.94. The molecule has 0 aliphatic heterocycles. The third kappa shape index (κ3) is 3.21. The third-order valence-electron chi connectivity index (χ3n) is 2.57. The van der Waals surface area contributed by atoms with Gasteiger partial charge in [0.1, 0.15) is 11.4 Å². The predicted octanol–water partition coefficient (Wildman–Crippen LogP) is 1.06. The number of anilines is 2. The largest absolute Gasteiger partial charge is 0.478 e. The predicted molar refractivity (Wildman–Crippen MR) is 70.9 cm³/mol. The van der Waals surface area contributed by atoms with E-state index in [1.165, 1.54) is 12.3 Å². The van der Waals surface area contributed by atoms with E-state index in [-0.39, 0.29) is 11.6 Å². The van der Waals surface area contributed by atoms with Crippen LogP contribution in [-0.4, -0.2) is 31.7 Å². The van der Waals surface area contributed by atoms with Crippen LogP contribution in [0.5, 0.6) is 0 Å². The fraction of sp³-hybridized carbons (Fsp3) is 0.250. The molecular formula is C12H15N5O2. The van der Waals surface area contributed by atoms with Gasteiger partial charge in [0.15, 0.2) is 0 Å². The lowest BCUT2D eigenvalue weighted by atomic mass is 10.2. The number of nitrogens with one attached hydrogen (secondary N) is 1. The van der Waals surface area contributed by atoms with E-state index < -0.39 is 5.97 Å². The van der Waals surface area contributed by atoms with Crippen molar-refractivity contribution in [2.75, 3.05) is 11.1 Å². The zero-order chi connectivity index (χ0) is 13.8. The molecule has 100 valence electrons. The molecule has 7 heteroatoms. The number of carboxylic acids is 1. The van der Waals surface area contributed by atoms with Gasteiger partial charge in [0.25, 0.3) is 0 Å². The number of nitrogens with zero attached hydrogens (tertiary/aromatic N) is 3. The first-order valence-electron chi connectivity index (χ1n) is 5.77. The van der Waals surface area contributed by atoms with E-state index in [4.69, 9.17) is 10.8 Å². The number of hydrogen-bond donors (Lipinski definition) is 3. The van der Waals surface area contributed by atoms with Gasteiger partial charge in [-0.15, -0.1) is 0 Å². The molecule has 0 bridgehead atoms. The number of nitrogen functional groups attached to an aromatic ring is 1. The Kier molecular flexibility index (Phi) is 3.65. The first kappa shape index (κ1) is 12.9. The van der Waals surface area contributed by atoms with Gasteiger partial charge in [-0.05, 0) is 13.0 Å². The van der Waals surface area contributed by atoms with Crippen LogP contribution in [0.2, 0.25) is 0 Å². The molecule has 1 unspecified atom stereocenters. The van der Waals surface area contributed by atoms with E-state index in [1.54, 1.807) is 12.5 Å². The van der Waals surface area contributed by atoms with Crippen LogP contribution >= 0.6 is 0 Å². The number of hydrogen-bond acceptors (Lipinski definition) is 5. The average molecular weight is 261 g/mol. The fourth-order valence-corrected chi connectivity index (χ4v) is 1.75. The van der Waals surface area contributed by atoms with Crippen molar-refractivity contribution < 1.29 is 9.90 Å². The molecule has 0 radical (unpaired) electrons. The van der Waals surface area contributed by atoms with Crippen molar-refractivity contribution in [3.63, 3.8) is 0 Å². The standard InChI is InChI=1S/C12H15N5O2/c1-8(6-17-3-2-14-7-17)16-11-10(12(18)19)4-9(13)5-15-11/h2-5,7-8H,6,13H2,1H3,(H,15,16)(H,18,19). The fourth-order valence-electron chi connectivity index (χ4n) is 1.75. The molecule has 0 aromatic carbocycles. The first-order chi connectivity index (χ1) is 9.06. The third-order valence-corrected chi connectivity index (χ3v) is 2.57. The molecule has 7 nitrogen and oxygen atoms in total. The van der Waals surface area contributed by atoms with Gasteiger partial charge in [-0.25, -0.2) is 14.8 Å². The molecule has 0 aliphatic carbocycles. The molecule has 2 aromatic rings. The second kappa shape index (κ2) is 5.38. The summed E-state index contributed by atoms with van der Waals surface area (Å²) in [6.07, 6.45) is 6.66. The Bertz CT molecular complexity index is 568. The van der Waals surface area contributed by atoms with Gasteiger partial charge in [-0.2, -0.15) is 0 Å². The lowest BCUT2D eigenvalue weighted by molar-refractivity contribution is 0.0697. The second-order valence-corrected chi connectivity index (χ2v) is 4.27. The van der Waals surface area contributed by atoms with Crippen LogP contribution in [0.25, 0.3) is 0 Å². The summed E-state index contributed by atoms with van der Waals surface area (Å²) < 4.78 is 1.90. The molecule has 0 aliphatic rings. The lowest BCUT2D eigenvalue weighted by Gasteiger charge is -2.16. The van der Waals surface area contributed by atoms with Gasteiger partial charge in [0.05, 0.1) is 18.2 Å². The Morgan fingerprint density at radius 3 is 3.05 bits per heavy atom. The maximum absolute atomic E-state index is 11.1. The van der Waals surface area contributed by atoms with Crippen molar-refractivity contribution in [1.29, 1.82) is 0 Å². The van der Waals surface area contributed by atoms with Gasteiger partial charge in [0, 0.05) is 25.0 Å². The van der Waals surface area contributed by atoms with Crippen LogP contribution in [0.3, 0.4) is 0 Å². The normalized spacial score (nSPS) is 12.1. The van der Waals surface area contributed by atoms with E-state index in [1.807, 2.05) is 17.7 Å². The van der Waals surface area contributed by atoms with Crippen molar-refractivity contribution in [3.8, 4) is 0 Å². The maximum atomic E-state index is 11.1. The molecule has 2 rings (SSSR count). The van der Waals surface area contributed by atoms with E-state index in [2.05, 4.69) is 15.3 Å². The molecule has 1 atom stereocenters. The summed E-state index contributed by atoms with van der Waals surface area (Å²) in [4.78, 5) is 19.1. The summed E-state index contributed by atoms with van der Waals surface area (Å²) in [7, 11) is 0. The minimum Gasteiger partial charge on any atom is -0.478 e. The van der Waals surface area contributed by atoms with Crippen molar-refractivity contribution in [3.05, 3.63) is 36.5 Å². The molecule has 2 heterocycles. The van der Waals surface area contributed by atoms with E-state index in [9.17, 15) is 4.79 Å². The van der Waals surface area contributed by atoms with Gasteiger partial charge in [-0.3, -0.25) is 0 Å². The van der Waals surface area contributed by atoms with Crippen LogP contribution < -0.4 is 11.1 Å². The number of carboxylic acid groups (broad SMARTS) is 1. The van der Waals surface area contributed by atoms with E-state index in [0.29, 0.717) is 18.1 Å². The van der Waals surface area contributed by atoms with Gasteiger partial charge in [-0.1, -0.05) is 0 Å². The number of aromatic nitrogens is 3. The lowest BCUT2D eigenvalue weighted by Crippen LogP contribution is -2.23. The minimum absolute atomic E-state index is 0.00317. The number of pyridine rings is 1. The SMILES string of the molecule is CC(Cn1ccnc1)Nc1ncc(N)cc1C(=O)O. The van der Waals surface area contributed by atoms with E-state index >= 15 is 0 Å². The number of imidazole rings is 1. The first-order valence-corrected chi connectivity index (χ1v) is 5.77. The quantitative estimate of drug-likeness (QED) is 0.743. The summed E-state index contributed by atoms with van der Waals surface area (Å²) in [5, 5.41) is 12.2. The molecule has 2 aromatic heterocycles. The summed E-state index contributed by atoms with van der Waals surface area (Å²) in [6.45, 7) is 2.59. The molecular weight excluding hydrogens is 246 g/mol. The number of nitrogens with two attached hydrogens (primary N) is 1. The Balaban J connectivity index is 2.12. The summed E-state index contributed by atoms with van der Waals surface area (Å²) in [6, 6.07) is 1.39. The average Bonchev–Trinajstić information content (AvgIpc) is 2.83. The molecule has 19 heavy (non-hydrogen) atoms. The van der Waals surface area contributed by atoms with Crippen molar-refractivity contribution in [2.45, 2.75) is 19.5 Å². The Labute approximate surface area is 110 Å². The highest BCUT2D eigenvalue weighted by Crippen LogP contribution is 2.16. The van der Waals surface area contributed by atoms with Crippen molar-refractivity contribution in [2.24, 2.45) is 0 Å². The number of aromatic carboxylic acids is 1. The van der Waals surface area contributed by atoms with Gasteiger partial charge in [0.2, 0.25) is 0 Å². The molecule has 4 N–H and O–H groups in total. The maximum Gasteiger partial charge on any atom is 0.339 e. The van der Waals surface area contributed by atoms with Crippen LogP contribution in [0.4, 0.5) is 11.5 Å². The van der Waals surface area contributed by atoms with E-state index in [0.717, 1.165) is 0 Å². The highest BCUT2D eigenvalue weighted by atomic mass is 16.4. The Hall–Kier alpha value is -2.57. The summed E-state index contributed by atoms with van der Waals surface area (Å²) in [5.41, 5.74) is 5.93.